The van der Waals surface area contributed by atoms with Crippen molar-refractivity contribution >= 4 is 17.2 Å². The quantitative estimate of drug-likeness (QED) is 0.735. The van der Waals surface area contributed by atoms with Gasteiger partial charge in [-0.05, 0) is 38.1 Å². The molecular weight excluding hydrogens is 232 g/mol. The Morgan fingerprint density at radius 3 is 2.59 bits per heavy atom. The van der Waals surface area contributed by atoms with Gasteiger partial charge in [0.05, 0.1) is 11.1 Å². The predicted octanol–water partition coefficient (Wildman–Crippen LogP) is 1.68. The number of thiocarbonyl (C=S) groups is 1. The Balaban J connectivity index is 1.87. The number of aliphatic hydroxyl groups is 1. The number of hydrogen-bond acceptors (Lipinski definition) is 3. The molecular formula is C13H24N2OS. The molecule has 0 radical (unpaired) electrons. The van der Waals surface area contributed by atoms with E-state index in [9.17, 15) is 5.11 Å². The third-order valence-corrected chi connectivity index (χ3v) is 4.50. The first-order chi connectivity index (χ1) is 8.02. The monoisotopic (exact) mass is 256 g/mol. The second kappa shape index (κ2) is 5.21. The van der Waals surface area contributed by atoms with Crippen LogP contribution in [0.3, 0.4) is 0 Å². The summed E-state index contributed by atoms with van der Waals surface area (Å²) in [4.78, 5) is 2.98. The summed E-state index contributed by atoms with van der Waals surface area (Å²) in [5, 5.41) is 10.0. The molecule has 0 aliphatic heterocycles. The lowest BCUT2D eigenvalue weighted by Crippen LogP contribution is -2.45. The minimum absolute atomic E-state index is 0.144. The summed E-state index contributed by atoms with van der Waals surface area (Å²) >= 11 is 5.03. The Bertz CT molecular complexity index is 291. The minimum atomic E-state index is -0.144. The SMILES string of the molecule is CN(CC1(CC(N)=S)CC1)C1CCCCC1O. The average molecular weight is 256 g/mol. The molecule has 0 saturated heterocycles. The molecule has 4 heteroatoms. The molecule has 0 aromatic rings. The second-order valence-corrected chi connectivity index (χ2v) is 6.50. The normalized spacial score (nSPS) is 31.5. The van der Waals surface area contributed by atoms with Gasteiger partial charge in [-0.15, -0.1) is 0 Å². The molecule has 2 atom stereocenters. The van der Waals surface area contributed by atoms with E-state index in [2.05, 4.69) is 11.9 Å². The van der Waals surface area contributed by atoms with Gasteiger partial charge < -0.3 is 15.7 Å². The lowest BCUT2D eigenvalue weighted by atomic mass is 9.90. The highest BCUT2D eigenvalue weighted by atomic mass is 32.1. The lowest BCUT2D eigenvalue weighted by Gasteiger charge is -2.37. The van der Waals surface area contributed by atoms with Crippen molar-refractivity contribution < 1.29 is 5.11 Å². The highest BCUT2D eigenvalue weighted by Crippen LogP contribution is 2.49. The summed E-state index contributed by atoms with van der Waals surface area (Å²) in [5.74, 6) is 0. The van der Waals surface area contributed by atoms with Gasteiger partial charge >= 0.3 is 0 Å². The van der Waals surface area contributed by atoms with Gasteiger partial charge in [-0.2, -0.15) is 0 Å². The van der Waals surface area contributed by atoms with Crippen LogP contribution >= 0.6 is 12.2 Å². The van der Waals surface area contributed by atoms with Gasteiger partial charge in [0, 0.05) is 19.0 Å². The lowest BCUT2D eigenvalue weighted by molar-refractivity contribution is 0.0241. The minimum Gasteiger partial charge on any atom is -0.393 e. The summed E-state index contributed by atoms with van der Waals surface area (Å²) in [6, 6.07) is 0.340. The van der Waals surface area contributed by atoms with E-state index in [1.807, 2.05) is 0 Å². The zero-order valence-corrected chi connectivity index (χ0v) is 11.5. The van der Waals surface area contributed by atoms with Crippen molar-refractivity contribution in [3.05, 3.63) is 0 Å². The van der Waals surface area contributed by atoms with Crippen LogP contribution in [0.2, 0.25) is 0 Å². The van der Waals surface area contributed by atoms with Gasteiger partial charge in [-0.25, -0.2) is 0 Å². The van der Waals surface area contributed by atoms with E-state index in [0.29, 0.717) is 16.4 Å². The molecule has 0 aromatic heterocycles. The fourth-order valence-corrected chi connectivity index (χ4v) is 3.50. The van der Waals surface area contributed by atoms with E-state index in [0.717, 1.165) is 25.8 Å². The van der Waals surface area contributed by atoms with Crippen molar-refractivity contribution in [3.8, 4) is 0 Å². The molecule has 2 aliphatic carbocycles. The Kier molecular flexibility index (Phi) is 4.06. The molecule has 3 N–H and O–H groups in total. The summed E-state index contributed by atoms with van der Waals surface area (Å²) in [5.41, 5.74) is 5.99. The number of aliphatic hydroxyl groups excluding tert-OH is 1. The van der Waals surface area contributed by atoms with Crippen molar-refractivity contribution in [3.63, 3.8) is 0 Å². The Morgan fingerprint density at radius 2 is 2.06 bits per heavy atom. The van der Waals surface area contributed by atoms with Crippen molar-refractivity contribution in [2.24, 2.45) is 11.1 Å². The van der Waals surface area contributed by atoms with Gasteiger partial charge in [-0.3, -0.25) is 0 Å². The van der Waals surface area contributed by atoms with Crippen LogP contribution in [0, 0.1) is 5.41 Å². The van der Waals surface area contributed by atoms with Crippen LogP contribution in [0.1, 0.15) is 44.9 Å². The Morgan fingerprint density at radius 1 is 1.41 bits per heavy atom. The van der Waals surface area contributed by atoms with E-state index in [4.69, 9.17) is 18.0 Å². The van der Waals surface area contributed by atoms with Crippen LogP contribution in [0.4, 0.5) is 0 Å². The molecule has 0 heterocycles. The second-order valence-electron chi connectivity index (χ2n) is 5.98. The molecule has 2 saturated carbocycles. The van der Waals surface area contributed by atoms with E-state index < -0.39 is 0 Å². The number of likely N-dealkylation sites (N-methyl/N-ethyl adjacent to an activating group) is 1. The third-order valence-electron chi connectivity index (χ3n) is 4.35. The first-order valence-corrected chi connectivity index (χ1v) is 7.10. The van der Waals surface area contributed by atoms with Crippen LogP contribution in [0.5, 0.6) is 0 Å². The zero-order chi connectivity index (χ0) is 12.5. The molecule has 2 unspecified atom stereocenters. The number of nitrogens with two attached hydrogens (primary N) is 1. The molecule has 0 bridgehead atoms. The van der Waals surface area contributed by atoms with Crippen molar-refractivity contribution in [1.82, 2.24) is 4.90 Å². The molecule has 2 aliphatic rings. The van der Waals surface area contributed by atoms with Gasteiger partial charge in [-0.1, -0.05) is 25.1 Å². The summed E-state index contributed by atoms with van der Waals surface area (Å²) in [7, 11) is 2.14. The average Bonchev–Trinajstić information content (AvgIpc) is 2.97. The molecule has 3 nitrogen and oxygen atoms in total. The fraction of sp³-hybridized carbons (Fsp3) is 0.923. The first kappa shape index (κ1) is 13.2. The van der Waals surface area contributed by atoms with Crippen LogP contribution in [0.25, 0.3) is 0 Å². The summed E-state index contributed by atoms with van der Waals surface area (Å²) in [6.45, 7) is 1.03. The Hall–Kier alpha value is -0.190. The summed E-state index contributed by atoms with van der Waals surface area (Å²) < 4.78 is 0. The van der Waals surface area contributed by atoms with Gasteiger partial charge in [0.2, 0.25) is 0 Å². The van der Waals surface area contributed by atoms with E-state index in [1.165, 1.54) is 25.7 Å². The van der Waals surface area contributed by atoms with Crippen LogP contribution in [-0.2, 0) is 0 Å². The molecule has 2 fully saturated rings. The molecule has 0 amide bonds. The molecule has 17 heavy (non-hydrogen) atoms. The zero-order valence-electron chi connectivity index (χ0n) is 10.7. The molecule has 98 valence electrons. The van der Waals surface area contributed by atoms with Gasteiger partial charge in [0.25, 0.3) is 0 Å². The van der Waals surface area contributed by atoms with Gasteiger partial charge in [0.15, 0.2) is 0 Å². The van der Waals surface area contributed by atoms with Crippen LogP contribution in [-0.4, -0.2) is 40.7 Å². The highest BCUT2D eigenvalue weighted by molar-refractivity contribution is 7.80. The number of nitrogens with zero attached hydrogens (tertiary/aromatic N) is 1. The van der Waals surface area contributed by atoms with Crippen molar-refractivity contribution in [1.29, 1.82) is 0 Å². The van der Waals surface area contributed by atoms with E-state index in [-0.39, 0.29) is 6.10 Å². The Labute approximate surface area is 109 Å². The first-order valence-electron chi connectivity index (χ1n) is 6.69. The smallest absolute Gasteiger partial charge is 0.0733 e. The third kappa shape index (κ3) is 3.39. The van der Waals surface area contributed by atoms with E-state index in [1.54, 1.807) is 0 Å². The predicted molar refractivity (Wildman–Crippen MR) is 74.0 cm³/mol. The van der Waals surface area contributed by atoms with E-state index >= 15 is 0 Å². The van der Waals surface area contributed by atoms with Crippen LogP contribution in [0.15, 0.2) is 0 Å². The van der Waals surface area contributed by atoms with Crippen molar-refractivity contribution in [2.75, 3.05) is 13.6 Å². The summed E-state index contributed by atoms with van der Waals surface area (Å²) in [6.07, 6.45) is 7.69. The maximum atomic E-state index is 10.0. The topological polar surface area (TPSA) is 49.5 Å². The fourth-order valence-electron chi connectivity index (χ4n) is 3.19. The molecule has 0 aromatic carbocycles. The maximum Gasteiger partial charge on any atom is 0.0733 e. The van der Waals surface area contributed by atoms with Crippen LogP contribution < -0.4 is 5.73 Å². The molecule has 0 spiro atoms. The van der Waals surface area contributed by atoms with Gasteiger partial charge in [0.1, 0.15) is 0 Å². The molecule has 2 rings (SSSR count). The maximum absolute atomic E-state index is 10.0. The standard InChI is InChI=1S/C13H24N2OS/c1-15(10-4-2-3-5-11(10)16)9-13(6-7-13)8-12(14)17/h10-11,16H,2-9H2,1H3,(H2,14,17). The largest absolute Gasteiger partial charge is 0.393 e. The van der Waals surface area contributed by atoms with Crippen molar-refractivity contribution in [2.45, 2.75) is 57.1 Å². The number of hydrogen-bond donors (Lipinski definition) is 2. The highest BCUT2D eigenvalue weighted by Gasteiger charge is 2.45. The number of rotatable bonds is 5.